The second kappa shape index (κ2) is 7.61. The Kier molecular flexibility index (Phi) is 6.11. The molecule has 3 atom stereocenters. The van der Waals surface area contributed by atoms with Crippen LogP contribution in [-0.4, -0.2) is 60.8 Å². The molecule has 1 N–H and O–H groups in total. The Hall–Kier alpha value is -0.120. The molecule has 0 bridgehead atoms. The van der Waals surface area contributed by atoms with Gasteiger partial charge in [0.2, 0.25) is 0 Å². The number of hydrogen-bond donors (Lipinski definition) is 1. The summed E-state index contributed by atoms with van der Waals surface area (Å²) in [6.07, 6.45) is 10.1. The molecule has 1 heterocycles. The van der Waals surface area contributed by atoms with E-state index < -0.39 is 0 Å². The number of nitrogens with zero attached hydrogens (tertiary/aromatic N) is 2. The molecule has 19 heavy (non-hydrogen) atoms. The summed E-state index contributed by atoms with van der Waals surface area (Å²) >= 11 is 0. The number of piperidine rings is 1. The average molecular weight is 268 g/mol. The van der Waals surface area contributed by atoms with Crippen LogP contribution in [0.3, 0.4) is 0 Å². The van der Waals surface area contributed by atoms with E-state index in [0.29, 0.717) is 12.0 Å². The minimum Gasteiger partial charge on any atom is -0.393 e. The van der Waals surface area contributed by atoms with Crippen LogP contribution in [-0.2, 0) is 0 Å². The lowest BCUT2D eigenvalue weighted by atomic mass is 9.78. The molecule has 0 amide bonds. The molecule has 3 heteroatoms. The molecule has 2 fully saturated rings. The van der Waals surface area contributed by atoms with E-state index in [0.717, 1.165) is 6.42 Å². The van der Waals surface area contributed by atoms with Crippen molar-refractivity contribution in [2.75, 3.05) is 33.7 Å². The molecule has 1 saturated carbocycles. The minimum absolute atomic E-state index is 0.0341. The fraction of sp³-hybridized carbons (Fsp3) is 1.00. The molecule has 0 spiro atoms. The summed E-state index contributed by atoms with van der Waals surface area (Å²) in [7, 11) is 4.30. The minimum atomic E-state index is -0.0341. The molecular weight excluding hydrogens is 236 g/mol. The Labute approximate surface area is 119 Å². The van der Waals surface area contributed by atoms with Crippen molar-refractivity contribution in [2.24, 2.45) is 5.92 Å². The lowest BCUT2D eigenvalue weighted by Gasteiger charge is -2.44. The van der Waals surface area contributed by atoms with Crippen LogP contribution in [0.15, 0.2) is 0 Å². The molecule has 1 saturated heterocycles. The van der Waals surface area contributed by atoms with E-state index in [1.165, 1.54) is 64.6 Å². The molecular formula is C16H32N2O. The van der Waals surface area contributed by atoms with Crippen molar-refractivity contribution in [1.82, 2.24) is 9.80 Å². The Balaban J connectivity index is 1.87. The highest BCUT2D eigenvalue weighted by molar-refractivity contribution is 4.88. The zero-order chi connectivity index (χ0) is 13.7. The van der Waals surface area contributed by atoms with Crippen LogP contribution in [0.5, 0.6) is 0 Å². The molecule has 0 radical (unpaired) electrons. The lowest BCUT2D eigenvalue weighted by Crippen LogP contribution is -2.49. The van der Waals surface area contributed by atoms with Gasteiger partial charge in [-0.15, -0.1) is 0 Å². The highest BCUT2D eigenvalue weighted by Gasteiger charge is 2.35. The van der Waals surface area contributed by atoms with Gasteiger partial charge in [-0.2, -0.15) is 0 Å². The van der Waals surface area contributed by atoms with Gasteiger partial charge in [-0.05, 0) is 65.8 Å². The van der Waals surface area contributed by atoms with Crippen molar-refractivity contribution in [3.8, 4) is 0 Å². The Morgan fingerprint density at radius 1 is 1.05 bits per heavy atom. The number of hydrogen-bond acceptors (Lipinski definition) is 3. The SMILES string of the molecule is CN(C)CCCN1CCCCC1C1CCCCC1O. The molecule has 3 unspecified atom stereocenters. The largest absolute Gasteiger partial charge is 0.393 e. The van der Waals surface area contributed by atoms with Gasteiger partial charge in [-0.3, -0.25) is 4.90 Å². The van der Waals surface area contributed by atoms with Gasteiger partial charge < -0.3 is 10.0 Å². The third-order valence-corrected chi connectivity index (χ3v) is 4.99. The fourth-order valence-electron chi connectivity index (χ4n) is 3.96. The first-order chi connectivity index (χ1) is 9.18. The number of aliphatic hydroxyl groups excluding tert-OH is 1. The van der Waals surface area contributed by atoms with Gasteiger partial charge in [0.25, 0.3) is 0 Å². The Morgan fingerprint density at radius 3 is 2.53 bits per heavy atom. The highest BCUT2D eigenvalue weighted by Crippen LogP contribution is 2.34. The van der Waals surface area contributed by atoms with Gasteiger partial charge in [0.1, 0.15) is 0 Å². The number of aliphatic hydroxyl groups is 1. The van der Waals surface area contributed by atoms with Crippen molar-refractivity contribution in [3.05, 3.63) is 0 Å². The third kappa shape index (κ3) is 4.44. The third-order valence-electron chi connectivity index (χ3n) is 4.99. The van der Waals surface area contributed by atoms with Crippen LogP contribution >= 0.6 is 0 Å². The van der Waals surface area contributed by atoms with Gasteiger partial charge in [-0.25, -0.2) is 0 Å². The van der Waals surface area contributed by atoms with Crippen LogP contribution < -0.4 is 0 Å². The van der Waals surface area contributed by atoms with Crippen molar-refractivity contribution in [3.63, 3.8) is 0 Å². The van der Waals surface area contributed by atoms with Gasteiger partial charge in [0.05, 0.1) is 6.10 Å². The molecule has 1 aliphatic heterocycles. The van der Waals surface area contributed by atoms with Crippen LogP contribution in [0.1, 0.15) is 51.4 Å². The zero-order valence-corrected chi connectivity index (χ0v) is 12.9. The average Bonchev–Trinajstić information content (AvgIpc) is 2.40. The molecule has 2 rings (SSSR count). The summed E-state index contributed by atoms with van der Waals surface area (Å²) in [5.74, 6) is 0.549. The van der Waals surface area contributed by atoms with Gasteiger partial charge in [0, 0.05) is 12.0 Å². The topological polar surface area (TPSA) is 26.7 Å². The molecule has 0 aromatic rings. The van der Waals surface area contributed by atoms with Crippen LogP contribution in [0.2, 0.25) is 0 Å². The van der Waals surface area contributed by atoms with Crippen molar-refractivity contribution < 1.29 is 5.11 Å². The Morgan fingerprint density at radius 2 is 1.79 bits per heavy atom. The summed E-state index contributed by atoms with van der Waals surface area (Å²) < 4.78 is 0. The second-order valence-electron chi connectivity index (χ2n) is 6.77. The van der Waals surface area contributed by atoms with Crippen LogP contribution in [0.4, 0.5) is 0 Å². The number of rotatable bonds is 5. The van der Waals surface area contributed by atoms with Crippen LogP contribution in [0, 0.1) is 5.92 Å². The van der Waals surface area contributed by atoms with E-state index >= 15 is 0 Å². The van der Waals surface area contributed by atoms with Crippen LogP contribution in [0.25, 0.3) is 0 Å². The van der Waals surface area contributed by atoms with Crippen molar-refractivity contribution in [2.45, 2.75) is 63.5 Å². The molecule has 1 aliphatic carbocycles. The molecule has 0 aromatic heterocycles. The van der Waals surface area contributed by atoms with E-state index in [-0.39, 0.29) is 6.10 Å². The monoisotopic (exact) mass is 268 g/mol. The smallest absolute Gasteiger partial charge is 0.0583 e. The summed E-state index contributed by atoms with van der Waals surface area (Å²) in [4.78, 5) is 4.96. The zero-order valence-electron chi connectivity index (χ0n) is 12.9. The fourth-order valence-corrected chi connectivity index (χ4v) is 3.96. The van der Waals surface area contributed by atoms with Gasteiger partial charge in [0.15, 0.2) is 0 Å². The van der Waals surface area contributed by atoms with E-state index in [9.17, 15) is 5.11 Å². The summed E-state index contributed by atoms with van der Waals surface area (Å²) in [6, 6.07) is 0.659. The van der Waals surface area contributed by atoms with E-state index in [4.69, 9.17) is 0 Å². The first-order valence-electron chi connectivity index (χ1n) is 8.25. The first-order valence-corrected chi connectivity index (χ1v) is 8.25. The molecule has 112 valence electrons. The predicted molar refractivity (Wildman–Crippen MR) is 80.3 cm³/mol. The normalized spacial score (nSPS) is 33.8. The Bertz CT molecular complexity index is 257. The molecule has 3 nitrogen and oxygen atoms in total. The first kappa shape index (κ1) is 15.3. The van der Waals surface area contributed by atoms with E-state index in [2.05, 4.69) is 23.9 Å². The van der Waals surface area contributed by atoms with Crippen molar-refractivity contribution in [1.29, 1.82) is 0 Å². The molecule has 0 aromatic carbocycles. The van der Waals surface area contributed by atoms with E-state index in [1.807, 2.05) is 0 Å². The summed E-state index contributed by atoms with van der Waals surface area (Å²) in [5, 5.41) is 10.3. The van der Waals surface area contributed by atoms with Crippen molar-refractivity contribution >= 4 is 0 Å². The lowest BCUT2D eigenvalue weighted by molar-refractivity contribution is -0.00627. The highest BCUT2D eigenvalue weighted by atomic mass is 16.3. The maximum absolute atomic E-state index is 10.3. The maximum atomic E-state index is 10.3. The summed E-state index contributed by atoms with van der Waals surface area (Å²) in [5.41, 5.74) is 0. The second-order valence-corrected chi connectivity index (χ2v) is 6.77. The standard InChI is InChI=1S/C16H32N2O/c1-17(2)11-7-13-18-12-6-5-9-15(18)14-8-3-4-10-16(14)19/h14-16,19H,3-13H2,1-2H3. The van der Waals surface area contributed by atoms with Gasteiger partial charge >= 0.3 is 0 Å². The molecule has 2 aliphatic rings. The van der Waals surface area contributed by atoms with Gasteiger partial charge in [-0.1, -0.05) is 19.3 Å². The number of likely N-dealkylation sites (tertiary alicyclic amines) is 1. The quantitative estimate of drug-likeness (QED) is 0.829. The van der Waals surface area contributed by atoms with E-state index in [1.54, 1.807) is 0 Å². The summed E-state index contributed by atoms with van der Waals surface area (Å²) in [6.45, 7) is 3.64. The maximum Gasteiger partial charge on any atom is 0.0583 e. The predicted octanol–water partition coefficient (Wildman–Crippen LogP) is 2.34.